The van der Waals surface area contributed by atoms with Crippen molar-refractivity contribution in [2.45, 2.75) is 0 Å². The number of benzene rings is 1. The molecule has 1 aliphatic rings. The van der Waals surface area contributed by atoms with E-state index in [0.717, 1.165) is 18.8 Å². The van der Waals surface area contributed by atoms with Crippen LogP contribution in [0.1, 0.15) is 10.4 Å². The second-order valence-corrected chi connectivity index (χ2v) is 4.96. The number of halogens is 1. The van der Waals surface area contributed by atoms with Crippen LogP contribution in [0.25, 0.3) is 0 Å². The second kappa shape index (κ2) is 6.53. The number of aromatic nitrogens is 1. The fourth-order valence-electron chi connectivity index (χ4n) is 2.26. The highest BCUT2D eigenvalue weighted by atomic mass is 19.1. The van der Waals surface area contributed by atoms with Gasteiger partial charge in [0, 0.05) is 18.7 Å². The van der Waals surface area contributed by atoms with E-state index in [1.807, 2.05) is 6.07 Å². The lowest BCUT2D eigenvalue weighted by Gasteiger charge is -2.28. The van der Waals surface area contributed by atoms with Gasteiger partial charge in [-0.2, -0.15) is 0 Å². The van der Waals surface area contributed by atoms with Gasteiger partial charge in [0.15, 0.2) is 0 Å². The van der Waals surface area contributed by atoms with Crippen LogP contribution in [0.5, 0.6) is 0 Å². The quantitative estimate of drug-likeness (QED) is 0.945. The third-order valence-electron chi connectivity index (χ3n) is 3.47. The van der Waals surface area contributed by atoms with Gasteiger partial charge in [0.05, 0.1) is 25.1 Å². The highest BCUT2D eigenvalue weighted by Gasteiger charge is 2.12. The minimum atomic E-state index is -0.371. The standard InChI is InChI=1S/C16H16FN3O2/c17-13-3-1-12(2-4-13)16(21)19-15-6-5-14(11-18-15)20-7-9-22-10-8-20/h1-6,11H,7-10H2,(H,18,19,21). The molecule has 1 N–H and O–H groups in total. The molecule has 0 spiro atoms. The summed E-state index contributed by atoms with van der Waals surface area (Å²) in [5.74, 6) is -0.220. The number of hydrogen-bond donors (Lipinski definition) is 1. The van der Waals surface area contributed by atoms with Gasteiger partial charge < -0.3 is 15.0 Å². The summed E-state index contributed by atoms with van der Waals surface area (Å²) in [5, 5.41) is 2.69. The molecular weight excluding hydrogens is 285 g/mol. The lowest BCUT2D eigenvalue weighted by Crippen LogP contribution is -2.36. The summed E-state index contributed by atoms with van der Waals surface area (Å²) >= 11 is 0. The van der Waals surface area contributed by atoms with E-state index >= 15 is 0 Å². The van der Waals surface area contributed by atoms with Crippen LogP contribution >= 0.6 is 0 Å². The average Bonchev–Trinajstić information content (AvgIpc) is 2.57. The normalized spacial score (nSPS) is 14.7. The number of carbonyl (C=O) groups excluding carboxylic acids is 1. The summed E-state index contributed by atoms with van der Waals surface area (Å²) in [7, 11) is 0. The van der Waals surface area contributed by atoms with Crippen molar-refractivity contribution >= 4 is 17.4 Å². The van der Waals surface area contributed by atoms with Crippen LogP contribution in [-0.4, -0.2) is 37.2 Å². The van der Waals surface area contributed by atoms with Crippen molar-refractivity contribution in [1.82, 2.24) is 4.98 Å². The van der Waals surface area contributed by atoms with Gasteiger partial charge in [-0.3, -0.25) is 4.79 Å². The third kappa shape index (κ3) is 3.40. The Morgan fingerprint density at radius 1 is 1.14 bits per heavy atom. The fraction of sp³-hybridized carbons (Fsp3) is 0.250. The van der Waals surface area contributed by atoms with E-state index in [0.29, 0.717) is 24.6 Å². The lowest BCUT2D eigenvalue weighted by molar-refractivity contribution is 0.102. The molecule has 114 valence electrons. The maximum atomic E-state index is 12.8. The molecule has 0 saturated carbocycles. The number of nitrogens with one attached hydrogen (secondary N) is 1. The molecule has 0 unspecified atom stereocenters. The van der Waals surface area contributed by atoms with E-state index in [1.54, 1.807) is 12.3 Å². The van der Waals surface area contributed by atoms with Crippen molar-refractivity contribution < 1.29 is 13.9 Å². The molecule has 2 aromatic rings. The van der Waals surface area contributed by atoms with Crippen LogP contribution in [0.15, 0.2) is 42.6 Å². The largest absolute Gasteiger partial charge is 0.378 e. The Morgan fingerprint density at radius 3 is 2.50 bits per heavy atom. The molecule has 22 heavy (non-hydrogen) atoms. The number of anilines is 2. The summed E-state index contributed by atoms with van der Waals surface area (Å²) in [5.41, 5.74) is 1.39. The van der Waals surface area contributed by atoms with E-state index in [9.17, 15) is 9.18 Å². The van der Waals surface area contributed by atoms with Gasteiger partial charge >= 0.3 is 0 Å². The van der Waals surface area contributed by atoms with Gasteiger partial charge in [0.1, 0.15) is 11.6 Å². The first-order chi connectivity index (χ1) is 10.7. The van der Waals surface area contributed by atoms with Crippen molar-refractivity contribution in [1.29, 1.82) is 0 Å². The molecule has 6 heteroatoms. The van der Waals surface area contributed by atoms with Crippen molar-refractivity contribution in [3.8, 4) is 0 Å². The maximum absolute atomic E-state index is 12.8. The van der Waals surface area contributed by atoms with Gasteiger partial charge in [-0.15, -0.1) is 0 Å². The zero-order valence-corrected chi connectivity index (χ0v) is 12.0. The minimum absolute atomic E-state index is 0.313. The molecule has 3 rings (SSSR count). The highest BCUT2D eigenvalue weighted by Crippen LogP contribution is 2.17. The van der Waals surface area contributed by atoms with Crippen LogP contribution < -0.4 is 10.2 Å². The zero-order chi connectivity index (χ0) is 15.4. The molecule has 0 bridgehead atoms. The van der Waals surface area contributed by atoms with E-state index < -0.39 is 0 Å². The summed E-state index contributed by atoms with van der Waals surface area (Å²) in [6.45, 7) is 3.10. The fourth-order valence-corrected chi connectivity index (χ4v) is 2.26. The first-order valence-corrected chi connectivity index (χ1v) is 7.08. The molecule has 1 amide bonds. The van der Waals surface area contributed by atoms with Crippen LogP contribution in [0.2, 0.25) is 0 Å². The number of nitrogens with zero attached hydrogens (tertiary/aromatic N) is 2. The van der Waals surface area contributed by atoms with Gasteiger partial charge in [-0.1, -0.05) is 0 Å². The molecule has 1 aliphatic heterocycles. The summed E-state index contributed by atoms with van der Waals surface area (Å²) in [4.78, 5) is 18.4. The Morgan fingerprint density at radius 2 is 1.86 bits per heavy atom. The first kappa shape index (κ1) is 14.5. The monoisotopic (exact) mass is 301 g/mol. The number of carbonyl (C=O) groups is 1. The minimum Gasteiger partial charge on any atom is -0.378 e. The van der Waals surface area contributed by atoms with Crippen LogP contribution in [0.4, 0.5) is 15.9 Å². The Kier molecular flexibility index (Phi) is 4.29. The summed E-state index contributed by atoms with van der Waals surface area (Å²) < 4.78 is 18.1. The van der Waals surface area contributed by atoms with Crippen LogP contribution in [0, 0.1) is 5.82 Å². The van der Waals surface area contributed by atoms with E-state index in [2.05, 4.69) is 15.2 Å². The number of ether oxygens (including phenoxy) is 1. The van der Waals surface area contributed by atoms with E-state index in [-0.39, 0.29) is 11.7 Å². The lowest BCUT2D eigenvalue weighted by atomic mass is 10.2. The van der Waals surface area contributed by atoms with E-state index in [4.69, 9.17) is 4.74 Å². The molecule has 1 saturated heterocycles. The molecule has 2 heterocycles. The smallest absolute Gasteiger partial charge is 0.256 e. The molecule has 0 radical (unpaired) electrons. The Balaban J connectivity index is 1.65. The van der Waals surface area contributed by atoms with Crippen molar-refractivity contribution in [2.24, 2.45) is 0 Å². The van der Waals surface area contributed by atoms with Crippen LogP contribution in [0.3, 0.4) is 0 Å². The number of pyridine rings is 1. The highest BCUT2D eigenvalue weighted by molar-refractivity contribution is 6.03. The SMILES string of the molecule is O=C(Nc1ccc(N2CCOCC2)cn1)c1ccc(F)cc1. The van der Waals surface area contributed by atoms with Gasteiger partial charge in [-0.05, 0) is 36.4 Å². The number of morpholine rings is 1. The molecule has 5 nitrogen and oxygen atoms in total. The van der Waals surface area contributed by atoms with Gasteiger partial charge in [0.25, 0.3) is 5.91 Å². The Labute approximate surface area is 127 Å². The second-order valence-electron chi connectivity index (χ2n) is 4.96. The van der Waals surface area contributed by atoms with E-state index in [1.165, 1.54) is 24.3 Å². The zero-order valence-electron chi connectivity index (χ0n) is 12.0. The predicted octanol–water partition coefficient (Wildman–Crippen LogP) is 2.31. The van der Waals surface area contributed by atoms with Crippen molar-refractivity contribution in [3.05, 3.63) is 54.0 Å². The molecular formula is C16H16FN3O2. The topological polar surface area (TPSA) is 54.5 Å². The predicted molar refractivity (Wildman–Crippen MR) is 81.6 cm³/mol. The molecule has 1 aromatic heterocycles. The van der Waals surface area contributed by atoms with Crippen molar-refractivity contribution in [3.63, 3.8) is 0 Å². The van der Waals surface area contributed by atoms with Crippen molar-refractivity contribution in [2.75, 3.05) is 36.5 Å². The molecule has 0 atom stereocenters. The molecule has 0 aliphatic carbocycles. The number of amides is 1. The maximum Gasteiger partial charge on any atom is 0.256 e. The number of rotatable bonds is 3. The summed E-state index contributed by atoms with van der Waals surface area (Å²) in [6.07, 6.45) is 1.73. The summed E-state index contributed by atoms with van der Waals surface area (Å²) in [6, 6.07) is 9.05. The molecule has 1 fully saturated rings. The molecule has 1 aromatic carbocycles. The van der Waals surface area contributed by atoms with Gasteiger partial charge in [-0.25, -0.2) is 9.37 Å². The van der Waals surface area contributed by atoms with Crippen LogP contribution in [-0.2, 0) is 4.74 Å². The Bertz CT molecular complexity index is 637. The first-order valence-electron chi connectivity index (χ1n) is 7.08. The Hall–Kier alpha value is -2.47. The average molecular weight is 301 g/mol. The van der Waals surface area contributed by atoms with Gasteiger partial charge in [0.2, 0.25) is 0 Å². The third-order valence-corrected chi connectivity index (χ3v) is 3.47. The number of hydrogen-bond acceptors (Lipinski definition) is 4.